The lowest BCUT2D eigenvalue weighted by Gasteiger charge is -2.27. The zero-order valence-electron chi connectivity index (χ0n) is 12.9. The summed E-state index contributed by atoms with van der Waals surface area (Å²) in [5.74, 6) is 2.32. The molecule has 0 bridgehead atoms. The van der Waals surface area contributed by atoms with Crippen LogP contribution in [0.25, 0.3) is 0 Å². The van der Waals surface area contributed by atoms with E-state index in [1.54, 1.807) is 14.2 Å². The normalized spacial score (nSPS) is 22.6. The summed E-state index contributed by atoms with van der Waals surface area (Å²) < 4.78 is 10.8. The summed E-state index contributed by atoms with van der Waals surface area (Å²) in [7, 11) is 3.38. The van der Waals surface area contributed by atoms with Crippen LogP contribution in [0.5, 0.6) is 11.5 Å². The summed E-state index contributed by atoms with van der Waals surface area (Å²) in [5, 5.41) is 0. The molecule has 0 amide bonds. The fourth-order valence-electron chi connectivity index (χ4n) is 2.96. The van der Waals surface area contributed by atoms with E-state index >= 15 is 0 Å². The Morgan fingerprint density at radius 2 is 2.00 bits per heavy atom. The first-order valence-corrected chi connectivity index (χ1v) is 7.28. The van der Waals surface area contributed by atoms with Gasteiger partial charge in [-0.2, -0.15) is 0 Å². The van der Waals surface area contributed by atoms with Crippen molar-refractivity contribution in [2.24, 2.45) is 11.7 Å². The number of nitrogens with two attached hydrogens (primary N) is 1. The highest BCUT2D eigenvalue weighted by Crippen LogP contribution is 2.35. The minimum absolute atomic E-state index is 0.268. The van der Waals surface area contributed by atoms with Crippen molar-refractivity contribution in [2.45, 2.75) is 32.4 Å². The predicted molar refractivity (Wildman–Crippen MR) is 81.3 cm³/mol. The molecule has 0 saturated carbocycles. The monoisotopic (exact) mass is 278 g/mol. The van der Waals surface area contributed by atoms with Gasteiger partial charge in [-0.3, -0.25) is 4.90 Å². The molecule has 1 aliphatic rings. The molecule has 1 heterocycles. The first-order valence-electron chi connectivity index (χ1n) is 7.28. The minimum atomic E-state index is 0.268. The topological polar surface area (TPSA) is 47.7 Å². The molecule has 2 N–H and O–H groups in total. The van der Waals surface area contributed by atoms with Crippen molar-refractivity contribution in [2.75, 3.05) is 27.3 Å². The smallest absolute Gasteiger partial charge is 0.127 e. The summed E-state index contributed by atoms with van der Waals surface area (Å²) >= 11 is 0. The van der Waals surface area contributed by atoms with Gasteiger partial charge in [-0.05, 0) is 38.8 Å². The Labute approximate surface area is 121 Å². The van der Waals surface area contributed by atoms with Crippen LogP contribution in [0, 0.1) is 5.92 Å². The lowest BCUT2D eigenvalue weighted by molar-refractivity contribution is 0.242. The Kier molecular flexibility index (Phi) is 4.89. The summed E-state index contributed by atoms with van der Waals surface area (Å²) in [6.07, 6.45) is 1.18. The molecule has 4 heteroatoms. The van der Waals surface area contributed by atoms with Gasteiger partial charge in [0.1, 0.15) is 11.5 Å². The van der Waals surface area contributed by atoms with Gasteiger partial charge in [-0.25, -0.2) is 0 Å². The maximum absolute atomic E-state index is 6.02. The van der Waals surface area contributed by atoms with Gasteiger partial charge in [-0.15, -0.1) is 0 Å². The van der Waals surface area contributed by atoms with Crippen LogP contribution in [0.4, 0.5) is 0 Å². The van der Waals surface area contributed by atoms with Crippen LogP contribution in [-0.2, 0) is 0 Å². The molecule has 1 aromatic carbocycles. The number of methoxy groups -OCH3 is 2. The highest BCUT2D eigenvalue weighted by molar-refractivity contribution is 5.42. The van der Waals surface area contributed by atoms with Crippen LogP contribution in [0.15, 0.2) is 18.2 Å². The molecular weight excluding hydrogens is 252 g/mol. The average molecular weight is 278 g/mol. The molecule has 3 unspecified atom stereocenters. The highest BCUT2D eigenvalue weighted by Gasteiger charge is 2.29. The van der Waals surface area contributed by atoms with E-state index in [1.807, 2.05) is 12.1 Å². The van der Waals surface area contributed by atoms with E-state index in [4.69, 9.17) is 15.2 Å². The second-order valence-corrected chi connectivity index (χ2v) is 5.69. The molecule has 2 rings (SSSR count). The Morgan fingerprint density at radius 3 is 2.55 bits per heavy atom. The zero-order valence-corrected chi connectivity index (χ0v) is 12.9. The lowest BCUT2D eigenvalue weighted by atomic mass is 10.0. The van der Waals surface area contributed by atoms with Crippen LogP contribution in [0.3, 0.4) is 0 Å². The number of hydrogen-bond donors (Lipinski definition) is 1. The van der Waals surface area contributed by atoms with Crippen LogP contribution < -0.4 is 15.2 Å². The average Bonchev–Trinajstić information content (AvgIpc) is 2.95. The van der Waals surface area contributed by atoms with E-state index in [1.165, 1.54) is 12.0 Å². The van der Waals surface area contributed by atoms with Crippen molar-refractivity contribution in [3.63, 3.8) is 0 Å². The highest BCUT2D eigenvalue weighted by atomic mass is 16.5. The molecular formula is C16H26N2O2. The van der Waals surface area contributed by atoms with E-state index in [9.17, 15) is 0 Å². The Hall–Kier alpha value is -1.26. The van der Waals surface area contributed by atoms with E-state index in [-0.39, 0.29) is 6.04 Å². The van der Waals surface area contributed by atoms with Gasteiger partial charge in [0.05, 0.1) is 14.2 Å². The summed E-state index contributed by atoms with van der Waals surface area (Å²) in [6.45, 7) is 6.50. The number of hydrogen-bond acceptors (Lipinski definition) is 4. The van der Waals surface area contributed by atoms with Crippen LogP contribution >= 0.6 is 0 Å². The molecule has 20 heavy (non-hydrogen) atoms. The third kappa shape index (κ3) is 3.07. The number of nitrogens with zero attached hydrogens (tertiary/aromatic N) is 1. The Morgan fingerprint density at radius 1 is 1.25 bits per heavy atom. The van der Waals surface area contributed by atoms with E-state index in [2.05, 4.69) is 24.8 Å². The van der Waals surface area contributed by atoms with Gasteiger partial charge >= 0.3 is 0 Å². The Bertz CT molecular complexity index is 448. The minimum Gasteiger partial charge on any atom is -0.497 e. The van der Waals surface area contributed by atoms with Crippen molar-refractivity contribution in [3.05, 3.63) is 23.8 Å². The van der Waals surface area contributed by atoms with Gasteiger partial charge in [0.2, 0.25) is 0 Å². The van der Waals surface area contributed by atoms with Gasteiger partial charge in [0.15, 0.2) is 0 Å². The molecule has 1 aromatic rings. The third-order valence-electron chi connectivity index (χ3n) is 4.44. The fourth-order valence-corrected chi connectivity index (χ4v) is 2.96. The molecule has 1 fully saturated rings. The van der Waals surface area contributed by atoms with Crippen LogP contribution in [0.1, 0.15) is 31.9 Å². The second kappa shape index (κ2) is 6.46. The predicted octanol–water partition coefficient (Wildman–Crippen LogP) is 2.43. The van der Waals surface area contributed by atoms with Gasteiger partial charge in [0.25, 0.3) is 0 Å². The van der Waals surface area contributed by atoms with Crippen molar-refractivity contribution in [3.8, 4) is 11.5 Å². The first-order chi connectivity index (χ1) is 9.56. The van der Waals surface area contributed by atoms with E-state index < -0.39 is 0 Å². The molecule has 0 spiro atoms. The largest absolute Gasteiger partial charge is 0.497 e. The SMILES string of the molecule is COc1ccc(C(C)N2CCC(C(C)N)C2)c(OC)c1. The second-order valence-electron chi connectivity index (χ2n) is 5.69. The molecule has 112 valence electrons. The molecule has 3 atom stereocenters. The first kappa shape index (κ1) is 15.1. The quantitative estimate of drug-likeness (QED) is 0.898. The van der Waals surface area contributed by atoms with Gasteiger partial charge < -0.3 is 15.2 Å². The zero-order chi connectivity index (χ0) is 14.7. The molecule has 1 aliphatic heterocycles. The Balaban J connectivity index is 2.15. The standard InChI is InChI=1S/C16H26N2O2/c1-11(17)13-7-8-18(10-13)12(2)15-6-5-14(19-3)9-16(15)20-4/h5-6,9,11-13H,7-8,10,17H2,1-4H3. The van der Waals surface area contributed by atoms with Crippen molar-refractivity contribution in [1.82, 2.24) is 4.90 Å². The van der Waals surface area contributed by atoms with Gasteiger partial charge in [-0.1, -0.05) is 6.07 Å². The van der Waals surface area contributed by atoms with E-state index in [0.717, 1.165) is 24.6 Å². The molecule has 4 nitrogen and oxygen atoms in total. The molecule has 1 saturated heterocycles. The molecule has 0 radical (unpaired) electrons. The molecule has 0 aliphatic carbocycles. The maximum Gasteiger partial charge on any atom is 0.127 e. The van der Waals surface area contributed by atoms with Crippen molar-refractivity contribution in [1.29, 1.82) is 0 Å². The number of likely N-dealkylation sites (tertiary alicyclic amines) is 1. The van der Waals surface area contributed by atoms with Crippen LogP contribution in [-0.4, -0.2) is 38.3 Å². The van der Waals surface area contributed by atoms with E-state index in [0.29, 0.717) is 12.0 Å². The van der Waals surface area contributed by atoms with Gasteiger partial charge in [0, 0.05) is 30.3 Å². The van der Waals surface area contributed by atoms with Crippen molar-refractivity contribution >= 4 is 0 Å². The van der Waals surface area contributed by atoms with Crippen LogP contribution in [0.2, 0.25) is 0 Å². The summed E-state index contributed by atoms with van der Waals surface area (Å²) in [4.78, 5) is 2.48. The lowest BCUT2D eigenvalue weighted by Crippen LogP contribution is -2.31. The molecule has 0 aromatic heterocycles. The summed E-state index contributed by atoms with van der Waals surface area (Å²) in [6, 6.07) is 6.64. The summed E-state index contributed by atoms with van der Waals surface area (Å²) in [5.41, 5.74) is 7.23. The maximum atomic E-state index is 6.02. The number of rotatable bonds is 5. The van der Waals surface area contributed by atoms with Crippen molar-refractivity contribution < 1.29 is 9.47 Å². The third-order valence-corrected chi connectivity index (χ3v) is 4.44. The number of ether oxygens (including phenoxy) is 2. The fraction of sp³-hybridized carbons (Fsp3) is 0.625. The number of benzene rings is 1.